The fourth-order valence-corrected chi connectivity index (χ4v) is 2.42. The summed E-state index contributed by atoms with van der Waals surface area (Å²) >= 11 is 3.21. The first kappa shape index (κ1) is 8.25. The summed E-state index contributed by atoms with van der Waals surface area (Å²) in [5, 5.41) is 11.9. The second-order valence-electron chi connectivity index (χ2n) is 2.35. The number of hydrogen-bond acceptors (Lipinski definition) is 2. The molecular formula is C8H4FIOS. The monoisotopic (exact) mass is 294 g/mol. The number of hydrogen-bond donors (Lipinski definition) is 1. The van der Waals surface area contributed by atoms with Crippen molar-refractivity contribution in [3.8, 4) is 5.75 Å². The largest absolute Gasteiger partial charge is 0.506 e. The normalized spacial score (nSPS) is 10.8. The SMILES string of the molecule is Oc1c(I)cc(F)c2sccc12. The molecule has 0 bridgehead atoms. The zero-order chi connectivity index (χ0) is 8.72. The van der Waals surface area contributed by atoms with Crippen LogP contribution in [0.25, 0.3) is 10.1 Å². The van der Waals surface area contributed by atoms with Gasteiger partial charge in [-0.2, -0.15) is 0 Å². The molecule has 1 aromatic carbocycles. The molecule has 4 heteroatoms. The van der Waals surface area contributed by atoms with Crippen molar-refractivity contribution in [1.82, 2.24) is 0 Å². The highest BCUT2D eigenvalue weighted by Crippen LogP contribution is 2.34. The molecular weight excluding hydrogens is 290 g/mol. The lowest BCUT2D eigenvalue weighted by Crippen LogP contribution is -1.79. The van der Waals surface area contributed by atoms with Crippen LogP contribution < -0.4 is 0 Å². The van der Waals surface area contributed by atoms with Crippen molar-refractivity contribution < 1.29 is 9.50 Å². The lowest BCUT2D eigenvalue weighted by molar-refractivity contribution is 0.476. The Kier molecular flexibility index (Phi) is 1.96. The van der Waals surface area contributed by atoms with Gasteiger partial charge in [0.05, 0.1) is 8.27 Å². The van der Waals surface area contributed by atoms with Gasteiger partial charge in [-0.15, -0.1) is 11.3 Å². The molecule has 1 nitrogen and oxygen atoms in total. The predicted molar refractivity (Wildman–Crippen MR) is 56.2 cm³/mol. The van der Waals surface area contributed by atoms with E-state index in [4.69, 9.17) is 0 Å². The van der Waals surface area contributed by atoms with Gasteiger partial charge in [0.1, 0.15) is 11.6 Å². The highest BCUT2D eigenvalue weighted by molar-refractivity contribution is 14.1. The van der Waals surface area contributed by atoms with Gasteiger partial charge in [0.2, 0.25) is 0 Å². The van der Waals surface area contributed by atoms with Crippen molar-refractivity contribution in [1.29, 1.82) is 0 Å². The van der Waals surface area contributed by atoms with Gasteiger partial charge in [-0.1, -0.05) is 0 Å². The van der Waals surface area contributed by atoms with E-state index in [0.29, 0.717) is 13.7 Å². The van der Waals surface area contributed by atoms with Crippen LogP contribution in [-0.2, 0) is 0 Å². The quantitative estimate of drug-likeness (QED) is 0.739. The minimum atomic E-state index is -0.262. The Labute approximate surface area is 86.0 Å². The number of halogens is 2. The molecule has 0 aliphatic heterocycles. The maximum Gasteiger partial charge on any atom is 0.142 e. The third-order valence-corrected chi connectivity index (χ3v) is 3.36. The van der Waals surface area contributed by atoms with Crippen LogP contribution in [-0.4, -0.2) is 5.11 Å². The van der Waals surface area contributed by atoms with Crippen molar-refractivity contribution in [2.45, 2.75) is 0 Å². The van der Waals surface area contributed by atoms with Crippen LogP contribution in [0.1, 0.15) is 0 Å². The van der Waals surface area contributed by atoms with E-state index in [1.165, 1.54) is 17.4 Å². The van der Waals surface area contributed by atoms with Crippen molar-refractivity contribution in [3.05, 3.63) is 26.9 Å². The molecule has 2 rings (SSSR count). The third kappa shape index (κ3) is 1.09. The second-order valence-corrected chi connectivity index (χ2v) is 4.43. The number of aromatic hydroxyl groups is 1. The van der Waals surface area contributed by atoms with Gasteiger partial charge in [-0.3, -0.25) is 0 Å². The molecule has 12 heavy (non-hydrogen) atoms. The Bertz CT molecular complexity index is 438. The molecule has 0 saturated carbocycles. The van der Waals surface area contributed by atoms with Crippen LogP contribution in [0.2, 0.25) is 0 Å². The molecule has 1 heterocycles. The molecule has 1 aromatic heterocycles. The van der Waals surface area contributed by atoms with Crippen molar-refractivity contribution in [3.63, 3.8) is 0 Å². The van der Waals surface area contributed by atoms with Gasteiger partial charge < -0.3 is 5.11 Å². The number of benzene rings is 1. The minimum Gasteiger partial charge on any atom is -0.506 e. The van der Waals surface area contributed by atoms with E-state index in [-0.39, 0.29) is 11.6 Å². The molecule has 0 unspecified atom stereocenters. The van der Waals surface area contributed by atoms with E-state index in [9.17, 15) is 9.50 Å². The topological polar surface area (TPSA) is 20.2 Å². The van der Waals surface area contributed by atoms with Gasteiger partial charge >= 0.3 is 0 Å². The number of phenols is 1. The second kappa shape index (κ2) is 2.85. The average Bonchev–Trinajstić information content (AvgIpc) is 2.48. The van der Waals surface area contributed by atoms with E-state index >= 15 is 0 Å². The summed E-state index contributed by atoms with van der Waals surface area (Å²) in [4.78, 5) is 0. The Morgan fingerprint density at radius 1 is 1.50 bits per heavy atom. The maximum atomic E-state index is 13.2. The predicted octanol–water partition coefficient (Wildman–Crippen LogP) is 3.35. The Hall–Kier alpha value is -0.360. The van der Waals surface area contributed by atoms with Crippen LogP contribution in [0.4, 0.5) is 4.39 Å². The van der Waals surface area contributed by atoms with Gasteiger partial charge in [-0.05, 0) is 40.1 Å². The van der Waals surface area contributed by atoms with Crippen LogP contribution in [0.15, 0.2) is 17.5 Å². The number of thiophene rings is 1. The number of fused-ring (bicyclic) bond motifs is 1. The highest BCUT2D eigenvalue weighted by Gasteiger charge is 2.09. The maximum absolute atomic E-state index is 13.2. The summed E-state index contributed by atoms with van der Waals surface area (Å²) in [5.41, 5.74) is 0. The standard InChI is InChI=1S/C8H4FIOS/c9-5-3-6(10)7(11)4-1-2-12-8(4)5/h1-3,11H. The lowest BCUT2D eigenvalue weighted by Gasteiger charge is -1.98. The Balaban J connectivity index is 2.97. The van der Waals surface area contributed by atoms with Gasteiger partial charge in [0.15, 0.2) is 0 Å². The highest BCUT2D eigenvalue weighted by atomic mass is 127. The fraction of sp³-hybridized carbons (Fsp3) is 0. The Morgan fingerprint density at radius 3 is 3.00 bits per heavy atom. The molecule has 0 radical (unpaired) electrons. The van der Waals surface area contributed by atoms with Crippen molar-refractivity contribution >= 4 is 44.0 Å². The summed E-state index contributed by atoms with van der Waals surface area (Å²) in [6.45, 7) is 0. The van der Waals surface area contributed by atoms with Crippen LogP contribution in [0.5, 0.6) is 5.75 Å². The lowest BCUT2D eigenvalue weighted by atomic mass is 10.2. The molecule has 62 valence electrons. The van der Waals surface area contributed by atoms with E-state index in [1.54, 1.807) is 11.4 Å². The first-order chi connectivity index (χ1) is 5.70. The van der Waals surface area contributed by atoms with Crippen molar-refractivity contribution in [2.75, 3.05) is 0 Å². The molecule has 2 aromatic rings. The first-order valence-corrected chi connectivity index (χ1v) is 5.20. The van der Waals surface area contributed by atoms with Crippen LogP contribution in [0.3, 0.4) is 0 Å². The van der Waals surface area contributed by atoms with Crippen LogP contribution in [0, 0.1) is 9.39 Å². The summed E-state index contributed by atoms with van der Waals surface area (Å²) in [7, 11) is 0. The Morgan fingerprint density at radius 2 is 2.25 bits per heavy atom. The minimum absolute atomic E-state index is 0.174. The first-order valence-electron chi connectivity index (χ1n) is 3.24. The molecule has 0 amide bonds. The summed E-state index contributed by atoms with van der Waals surface area (Å²) in [6.07, 6.45) is 0. The molecule has 0 fully saturated rings. The summed E-state index contributed by atoms with van der Waals surface area (Å²) in [6, 6.07) is 3.06. The summed E-state index contributed by atoms with van der Waals surface area (Å²) in [5.74, 6) is -0.0875. The van der Waals surface area contributed by atoms with E-state index in [1.807, 2.05) is 22.6 Å². The van der Waals surface area contributed by atoms with Gasteiger partial charge in [-0.25, -0.2) is 4.39 Å². The molecule has 0 aliphatic rings. The fourth-order valence-electron chi connectivity index (χ4n) is 1.05. The average molecular weight is 294 g/mol. The molecule has 0 aliphatic carbocycles. The molecule has 0 spiro atoms. The van der Waals surface area contributed by atoms with E-state index in [0.717, 1.165) is 0 Å². The zero-order valence-corrected chi connectivity index (χ0v) is 8.82. The number of rotatable bonds is 0. The van der Waals surface area contributed by atoms with E-state index in [2.05, 4.69) is 0 Å². The molecule has 1 N–H and O–H groups in total. The zero-order valence-electron chi connectivity index (χ0n) is 5.84. The van der Waals surface area contributed by atoms with Gasteiger partial charge in [0, 0.05) is 5.39 Å². The van der Waals surface area contributed by atoms with Gasteiger partial charge in [0.25, 0.3) is 0 Å². The summed E-state index contributed by atoms with van der Waals surface area (Å²) < 4.78 is 14.2. The van der Waals surface area contributed by atoms with E-state index < -0.39 is 0 Å². The van der Waals surface area contributed by atoms with Crippen molar-refractivity contribution in [2.24, 2.45) is 0 Å². The van der Waals surface area contributed by atoms with Crippen LogP contribution >= 0.6 is 33.9 Å². The molecule has 0 atom stereocenters. The number of phenolic OH excluding ortho intramolecular Hbond substituents is 1. The third-order valence-electron chi connectivity index (χ3n) is 1.62. The smallest absolute Gasteiger partial charge is 0.142 e. The molecule has 0 saturated heterocycles.